The van der Waals surface area contributed by atoms with Gasteiger partial charge in [0.05, 0.1) is 38.8 Å². The van der Waals surface area contributed by atoms with Gasteiger partial charge in [0, 0.05) is 5.54 Å². The number of β-lactam (4-membered cyclic amide) rings is 1. The second-order valence-corrected chi connectivity index (χ2v) is 14.6. The summed E-state index contributed by atoms with van der Waals surface area (Å²) in [5.41, 5.74) is 5.87. The summed E-state index contributed by atoms with van der Waals surface area (Å²) < 4.78 is 28.7. The first kappa shape index (κ1) is 37.1. The van der Waals surface area contributed by atoms with Crippen molar-refractivity contribution in [1.82, 2.24) is 4.90 Å². The molecule has 1 fully saturated rings. The molecule has 0 bridgehead atoms. The van der Waals surface area contributed by atoms with Crippen molar-refractivity contribution in [2.45, 2.75) is 37.3 Å². The molecule has 6 rings (SSSR count). The fourth-order valence-electron chi connectivity index (χ4n) is 6.94. The molecule has 0 radical (unpaired) electrons. The number of carbonyl (C=O) groups excluding carboxylic acids is 2. The molecule has 0 saturated carbocycles. The van der Waals surface area contributed by atoms with Crippen LogP contribution < -0.4 is 9.47 Å². The van der Waals surface area contributed by atoms with E-state index in [0.717, 1.165) is 22.3 Å². The summed E-state index contributed by atoms with van der Waals surface area (Å²) in [6, 6.07) is 44.5. The normalized spacial score (nSPS) is 16.0. The van der Waals surface area contributed by atoms with Gasteiger partial charge in [0.15, 0.2) is 9.76 Å². The van der Waals surface area contributed by atoms with Crippen LogP contribution in [0.2, 0.25) is 0 Å². The third kappa shape index (κ3) is 8.88. The van der Waals surface area contributed by atoms with Gasteiger partial charge < -0.3 is 28.3 Å². The first-order valence-electron chi connectivity index (χ1n) is 17.7. The molecule has 1 heterocycles. The average molecular weight is 728 g/mol. The summed E-state index contributed by atoms with van der Waals surface area (Å²) in [7, 11) is 2.06. The first-order valence-corrected chi connectivity index (χ1v) is 19.1. The van der Waals surface area contributed by atoms with E-state index in [9.17, 15) is 9.59 Å². The number of benzene rings is 5. The summed E-state index contributed by atoms with van der Waals surface area (Å²) in [5.74, 6) is 0.545. The molecule has 5 aromatic rings. The van der Waals surface area contributed by atoms with E-state index in [1.807, 2.05) is 120 Å². The molecular formula is C44H45NO7Si. The SMILES string of the molecule is C=C(CO[SiH2]C(c1ccccc1)c1ccccc1)[C@@H]1[C@@H](C(C)OC(=O)OCc2ccccc2)C(=O)N1C(c1ccc(OC)cc1)c1ccc(OC)cc1. The molecule has 1 saturated heterocycles. The van der Waals surface area contributed by atoms with Crippen molar-refractivity contribution in [3.63, 3.8) is 0 Å². The van der Waals surface area contributed by atoms with E-state index >= 15 is 0 Å². The number of hydrogen-bond acceptors (Lipinski definition) is 7. The van der Waals surface area contributed by atoms with Crippen LogP contribution in [0.3, 0.4) is 0 Å². The van der Waals surface area contributed by atoms with E-state index in [2.05, 4.69) is 30.8 Å². The standard InChI is InChI=1S/C44H45NO7Si/c1-30(28-51-53-42(35-16-10-6-11-17-35)36-18-12-7-13-19-36)40-39(31(2)52-44(47)50-29-32-14-8-5-9-15-32)43(46)45(40)41(33-20-24-37(48-3)25-21-33)34-22-26-38(49-4)27-23-34/h5-27,31,39-42H,1,28-29,53H2,2-4H3/t31?,39-,40-/m1/s1. The topological polar surface area (TPSA) is 83.5 Å². The van der Waals surface area contributed by atoms with Gasteiger partial charge in [-0.3, -0.25) is 4.79 Å². The number of amides is 1. The number of methoxy groups -OCH3 is 2. The van der Waals surface area contributed by atoms with Crippen molar-refractivity contribution in [3.05, 3.63) is 179 Å². The fraction of sp³-hybridized carbons (Fsp3) is 0.227. The molecule has 1 unspecified atom stereocenters. The molecule has 5 aromatic carbocycles. The van der Waals surface area contributed by atoms with Crippen molar-refractivity contribution in [2.75, 3.05) is 20.8 Å². The quantitative estimate of drug-likeness (QED) is 0.0444. The lowest BCUT2D eigenvalue weighted by atomic mass is 9.76. The first-order chi connectivity index (χ1) is 25.9. The van der Waals surface area contributed by atoms with Gasteiger partial charge in [-0.05, 0) is 64.6 Å². The van der Waals surface area contributed by atoms with Crippen LogP contribution in [0.1, 0.15) is 46.3 Å². The minimum Gasteiger partial charge on any atom is -0.497 e. The predicted octanol–water partition coefficient (Wildman–Crippen LogP) is 7.81. The zero-order valence-corrected chi connectivity index (χ0v) is 31.7. The van der Waals surface area contributed by atoms with Crippen LogP contribution in [0.4, 0.5) is 4.79 Å². The Hall–Kier alpha value is -5.64. The van der Waals surface area contributed by atoms with Gasteiger partial charge in [-0.15, -0.1) is 0 Å². The molecule has 9 heteroatoms. The zero-order chi connectivity index (χ0) is 37.2. The lowest BCUT2D eigenvalue weighted by Gasteiger charge is -2.53. The maximum atomic E-state index is 14.4. The highest BCUT2D eigenvalue weighted by Crippen LogP contribution is 2.45. The second kappa shape index (κ2) is 17.7. The van der Waals surface area contributed by atoms with Gasteiger partial charge in [-0.1, -0.05) is 122 Å². The number of likely N-dealkylation sites (tertiary alicyclic amines) is 1. The fourth-order valence-corrected chi connectivity index (χ4v) is 8.49. The van der Waals surface area contributed by atoms with Gasteiger partial charge in [-0.25, -0.2) is 4.79 Å². The number of rotatable bonds is 16. The highest BCUT2D eigenvalue weighted by molar-refractivity contribution is 6.31. The molecule has 0 aromatic heterocycles. The van der Waals surface area contributed by atoms with Crippen LogP contribution in [0, 0.1) is 5.92 Å². The Labute approximate surface area is 313 Å². The van der Waals surface area contributed by atoms with E-state index in [1.165, 1.54) is 11.1 Å². The molecule has 3 atom stereocenters. The molecule has 272 valence electrons. The van der Waals surface area contributed by atoms with Crippen molar-refractivity contribution < 1.29 is 33.0 Å². The maximum Gasteiger partial charge on any atom is 0.508 e. The molecular weight excluding hydrogens is 683 g/mol. The van der Waals surface area contributed by atoms with E-state index in [1.54, 1.807) is 21.1 Å². The largest absolute Gasteiger partial charge is 0.508 e. The van der Waals surface area contributed by atoms with Crippen LogP contribution >= 0.6 is 0 Å². The molecule has 8 nitrogen and oxygen atoms in total. The highest BCUT2D eigenvalue weighted by Gasteiger charge is 2.55. The van der Waals surface area contributed by atoms with Gasteiger partial charge in [-0.2, -0.15) is 0 Å². The summed E-state index contributed by atoms with van der Waals surface area (Å²) in [6.45, 7) is 6.55. The van der Waals surface area contributed by atoms with Crippen LogP contribution in [-0.2, 0) is 25.3 Å². The number of nitrogens with zero attached hydrogens (tertiary/aromatic N) is 1. The van der Waals surface area contributed by atoms with Crippen LogP contribution in [-0.4, -0.2) is 59.7 Å². The van der Waals surface area contributed by atoms with E-state index in [0.29, 0.717) is 11.5 Å². The van der Waals surface area contributed by atoms with Crippen molar-refractivity contribution >= 4 is 21.8 Å². The third-order valence-corrected chi connectivity index (χ3v) is 11.4. The second-order valence-electron chi connectivity index (χ2n) is 13.1. The monoisotopic (exact) mass is 727 g/mol. The lowest BCUT2D eigenvalue weighted by molar-refractivity contribution is -0.165. The van der Waals surface area contributed by atoms with E-state index in [4.69, 9.17) is 23.4 Å². The molecule has 0 N–H and O–H groups in total. The van der Waals surface area contributed by atoms with Crippen molar-refractivity contribution in [1.29, 1.82) is 0 Å². The van der Waals surface area contributed by atoms with Crippen molar-refractivity contribution in [2.24, 2.45) is 5.92 Å². The summed E-state index contributed by atoms with van der Waals surface area (Å²) >= 11 is 0. The Balaban J connectivity index is 1.27. The highest BCUT2D eigenvalue weighted by atomic mass is 28.2. The Bertz CT molecular complexity index is 1850. The van der Waals surface area contributed by atoms with Crippen LogP contribution in [0.15, 0.2) is 152 Å². The Morgan fingerprint density at radius 1 is 0.717 bits per heavy atom. The zero-order valence-electron chi connectivity index (χ0n) is 30.3. The van der Waals surface area contributed by atoms with E-state index < -0.39 is 40.0 Å². The van der Waals surface area contributed by atoms with Gasteiger partial charge in [0.25, 0.3) is 0 Å². The number of ether oxygens (including phenoxy) is 4. The minimum absolute atomic E-state index is 0.0622. The van der Waals surface area contributed by atoms with Crippen LogP contribution in [0.25, 0.3) is 0 Å². The molecule has 1 aliphatic heterocycles. The molecule has 53 heavy (non-hydrogen) atoms. The van der Waals surface area contributed by atoms with Gasteiger partial charge in [0.2, 0.25) is 5.91 Å². The average Bonchev–Trinajstić information content (AvgIpc) is 3.20. The minimum atomic E-state index is -1.18. The maximum absolute atomic E-state index is 14.4. The van der Waals surface area contributed by atoms with E-state index in [-0.39, 0.29) is 24.7 Å². The number of hydrogen-bond donors (Lipinski definition) is 0. The smallest absolute Gasteiger partial charge is 0.497 e. The Morgan fingerprint density at radius 2 is 1.21 bits per heavy atom. The van der Waals surface area contributed by atoms with Crippen LogP contribution in [0.5, 0.6) is 11.5 Å². The summed E-state index contributed by atoms with van der Waals surface area (Å²) in [5, 5.41) is 0. The summed E-state index contributed by atoms with van der Waals surface area (Å²) in [6.07, 6.45) is -1.63. The lowest BCUT2D eigenvalue weighted by Crippen LogP contribution is -2.66. The Morgan fingerprint density at radius 3 is 1.70 bits per heavy atom. The Kier molecular flexibility index (Phi) is 12.4. The third-order valence-electron chi connectivity index (χ3n) is 9.70. The number of carbonyl (C=O) groups is 2. The molecule has 1 aliphatic rings. The predicted molar refractivity (Wildman–Crippen MR) is 207 cm³/mol. The van der Waals surface area contributed by atoms with Gasteiger partial charge in [0.1, 0.15) is 24.2 Å². The summed E-state index contributed by atoms with van der Waals surface area (Å²) in [4.78, 5) is 29.2. The van der Waals surface area contributed by atoms with Crippen molar-refractivity contribution in [3.8, 4) is 11.5 Å². The molecule has 0 spiro atoms. The molecule has 1 amide bonds. The molecule has 0 aliphatic carbocycles. The van der Waals surface area contributed by atoms with Gasteiger partial charge >= 0.3 is 6.16 Å².